The van der Waals surface area contributed by atoms with Crippen LogP contribution < -0.4 is 10.1 Å². The topological polar surface area (TPSA) is 21.3 Å². The van der Waals surface area contributed by atoms with Gasteiger partial charge in [-0.05, 0) is 48.9 Å². The second-order valence-corrected chi connectivity index (χ2v) is 6.40. The van der Waals surface area contributed by atoms with Gasteiger partial charge < -0.3 is 10.1 Å². The molecule has 0 saturated carbocycles. The zero-order valence-electron chi connectivity index (χ0n) is 14.0. The molecule has 0 fully saturated rings. The third-order valence-electron chi connectivity index (χ3n) is 3.46. The second-order valence-electron chi connectivity index (χ2n) is 6.40. The minimum absolute atomic E-state index is 0.244. The van der Waals surface area contributed by atoms with Crippen LogP contribution in [0.5, 0.6) is 5.75 Å². The highest BCUT2D eigenvalue weighted by molar-refractivity contribution is 5.39. The van der Waals surface area contributed by atoms with E-state index in [-0.39, 0.29) is 6.10 Å². The Hall–Kier alpha value is -1.02. The van der Waals surface area contributed by atoms with Gasteiger partial charge in [0.25, 0.3) is 0 Å². The van der Waals surface area contributed by atoms with Gasteiger partial charge in [0, 0.05) is 6.54 Å². The van der Waals surface area contributed by atoms with Gasteiger partial charge in [0.05, 0.1) is 0 Å². The molecule has 114 valence electrons. The molecule has 1 unspecified atom stereocenters. The molecule has 0 aromatic heterocycles. The molecule has 1 aromatic carbocycles. The molecule has 0 radical (unpaired) electrons. The summed E-state index contributed by atoms with van der Waals surface area (Å²) in [5, 5.41) is 3.49. The van der Waals surface area contributed by atoms with Crippen molar-refractivity contribution >= 4 is 0 Å². The van der Waals surface area contributed by atoms with E-state index in [2.05, 4.69) is 65.1 Å². The lowest BCUT2D eigenvalue weighted by Gasteiger charge is -2.22. The largest absolute Gasteiger partial charge is 0.489 e. The van der Waals surface area contributed by atoms with Crippen LogP contribution in [0.15, 0.2) is 18.2 Å². The highest BCUT2D eigenvalue weighted by Crippen LogP contribution is 2.28. The first-order valence-corrected chi connectivity index (χ1v) is 7.91. The maximum Gasteiger partial charge on any atom is 0.123 e. The van der Waals surface area contributed by atoms with E-state index in [1.54, 1.807) is 0 Å². The van der Waals surface area contributed by atoms with Crippen LogP contribution in [-0.2, 0) is 0 Å². The van der Waals surface area contributed by atoms with Gasteiger partial charge in [-0.25, -0.2) is 0 Å². The predicted molar refractivity (Wildman–Crippen MR) is 87.7 cm³/mol. The lowest BCUT2D eigenvalue weighted by atomic mass is 10.0. The van der Waals surface area contributed by atoms with Crippen molar-refractivity contribution in [2.45, 2.75) is 60.0 Å². The van der Waals surface area contributed by atoms with Crippen molar-refractivity contribution in [3.05, 3.63) is 29.3 Å². The fraction of sp³-hybridized carbons (Fsp3) is 0.667. The molecule has 0 saturated heterocycles. The SMILES string of the molecule is CCC(CNCC(C)C)Oc1cc(C)ccc1C(C)C. The summed E-state index contributed by atoms with van der Waals surface area (Å²) in [6.07, 6.45) is 1.27. The molecule has 1 atom stereocenters. The zero-order valence-corrected chi connectivity index (χ0v) is 14.0. The van der Waals surface area contributed by atoms with Crippen LogP contribution in [0.1, 0.15) is 58.1 Å². The molecule has 0 heterocycles. The van der Waals surface area contributed by atoms with Crippen molar-refractivity contribution in [1.82, 2.24) is 5.32 Å². The van der Waals surface area contributed by atoms with E-state index in [1.165, 1.54) is 11.1 Å². The summed E-state index contributed by atoms with van der Waals surface area (Å²) in [4.78, 5) is 0. The molecule has 2 nitrogen and oxygen atoms in total. The van der Waals surface area contributed by atoms with E-state index < -0.39 is 0 Å². The number of hydrogen-bond acceptors (Lipinski definition) is 2. The van der Waals surface area contributed by atoms with Crippen molar-refractivity contribution < 1.29 is 4.74 Å². The van der Waals surface area contributed by atoms with Crippen LogP contribution in [-0.4, -0.2) is 19.2 Å². The van der Waals surface area contributed by atoms with E-state index in [0.717, 1.165) is 25.3 Å². The maximum atomic E-state index is 6.26. The smallest absolute Gasteiger partial charge is 0.123 e. The van der Waals surface area contributed by atoms with Crippen LogP contribution in [0.2, 0.25) is 0 Å². The molecule has 1 aromatic rings. The third kappa shape index (κ3) is 5.54. The first kappa shape index (κ1) is 17.0. The van der Waals surface area contributed by atoms with Crippen molar-refractivity contribution in [2.75, 3.05) is 13.1 Å². The van der Waals surface area contributed by atoms with Crippen LogP contribution in [0.25, 0.3) is 0 Å². The van der Waals surface area contributed by atoms with Gasteiger partial charge >= 0.3 is 0 Å². The van der Waals surface area contributed by atoms with E-state index in [9.17, 15) is 0 Å². The minimum atomic E-state index is 0.244. The number of aryl methyl sites for hydroxylation is 1. The highest BCUT2D eigenvalue weighted by atomic mass is 16.5. The third-order valence-corrected chi connectivity index (χ3v) is 3.46. The average molecular weight is 277 g/mol. The molecule has 2 heteroatoms. The fourth-order valence-corrected chi connectivity index (χ4v) is 2.20. The summed E-state index contributed by atoms with van der Waals surface area (Å²) in [7, 11) is 0. The van der Waals surface area contributed by atoms with Gasteiger partial charge in [0.15, 0.2) is 0 Å². The molecule has 0 bridgehead atoms. The summed E-state index contributed by atoms with van der Waals surface area (Å²) in [6.45, 7) is 15.2. The Balaban J connectivity index is 2.71. The first-order chi connectivity index (χ1) is 9.43. The maximum absolute atomic E-state index is 6.26. The van der Waals surface area contributed by atoms with Gasteiger partial charge in [-0.2, -0.15) is 0 Å². The predicted octanol–water partition coefficient (Wildman–Crippen LogP) is 4.52. The lowest BCUT2D eigenvalue weighted by molar-refractivity contribution is 0.189. The lowest BCUT2D eigenvalue weighted by Crippen LogP contribution is -2.33. The summed E-state index contributed by atoms with van der Waals surface area (Å²) in [5.74, 6) is 2.22. The number of ether oxygens (including phenoxy) is 1. The van der Waals surface area contributed by atoms with Gasteiger partial charge in [-0.1, -0.05) is 46.8 Å². The minimum Gasteiger partial charge on any atom is -0.489 e. The van der Waals surface area contributed by atoms with Crippen molar-refractivity contribution in [3.63, 3.8) is 0 Å². The fourth-order valence-electron chi connectivity index (χ4n) is 2.20. The molecule has 0 amide bonds. The molecular weight excluding hydrogens is 246 g/mol. The van der Waals surface area contributed by atoms with Gasteiger partial charge in [-0.15, -0.1) is 0 Å². The number of hydrogen-bond donors (Lipinski definition) is 1. The van der Waals surface area contributed by atoms with Crippen molar-refractivity contribution in [1.29, 1.82) is 0 Å². The van der Waals surface area contributed by atoms with Crippen molar-refractivity contribution in [3.8, 4) is 5.75 Å². The summed E-state index contributed by atoms with van der Waals surface area (Å²) >= 11 is 0. The summed E-state index contributed by atoms with van der Waals surface area (Å²) in [6, 6.07) is 6.53. The van der Waals surface area contributed by atoms with E-state index >= 15 is 0 Å². The standard InChI is InChI=1S/C18H31NO/c1-7-16(12-19-11-13(2)3)20-18-10-15(6)8-9-17(18)14(4)5/h8-10,13-14,16,19H,7,11-12H2,1-6H3. The van der Waals surface area contributed by atoms with Gasteiger partial charge in [0.2, 0.25) is 0 Å². The zero-order chi connectivity index (χ0) is 15.1. The average Bonchev–Trinajstić information content (AvgIpc) is 2.36. The first-order valence-electron chi connectivity index (χ1n) is 7.91. The molecule has 20 heavy (non-hydrogen) atoms. The molecule has 0 aliphatic heterocycles. The number of nitrogens with one attached hydrogen (secondary N) is 1. The van der Waals surface area contributed by atoms with E-state index in [0.29, 0.717) is 11.8 Å². The molecule has 1 N–H and O–H groups in total. The molecule has 1 rings (SSSR count). The second kappa shape index (κ2) is 8.31. The number of rotatable bonds is 8. The summed E-state index contributed by atoms with van der Waals surface area (Å²) < 4.78 is 6.26. The molecule has 0 aliphatic rings. The van der Waals surface area contributed by atoms with E-state index in [1.807, 2.05) is 0 Å². The Kier molecular flexibility index (Phi) is 7.08. The van der Waals surface area contributed by atoms with Gasteiger partial charge in [-0.3, -0.25) is 0 Å². The molecule has 0 spiro atoms. The molecular formula is C18H31NO. The Bertz CT molecular complexity index is 398. The molecule has 0 aliphatic carbocycles. The Morgan fingerprint density at radius 1 is 1.10 bits per heavy atom. The highest BCUT2D eigenvalue weighted by Gasteiger charge is 2.13. The number of benzene rings is 1. The Morgan fingerprint density at radius 2 is 1.80 bits per heavy atom. The Morgan fingerprint density at radius 3 is 2.35 bits per heavy atom. The summed E-state index contributed by atoms with van der Waals surface area (Å²) in [5.41, 5.74) is 2.56. The van der Waals surface area contributed by atoms with Crippen LogP contribution in [0, 0.1) is 12.8 Å². The van der Waals surface area contributed by atoms with Gasteiger partial charge in [0.1, 0.15) is 11.9 Å². The van der Waals surface area contributed by atoms with E-state index in [4.69, 9.17) is 4.74 Å². The monoisotopic (exact) mass is 277 g/mol. The normalized spacial score (nSPS) is 13.0. The van der Waals surface area contributed by atoms with Crippen LogP contribution in [0.3, 0.4) is 0 Å². The van der Waals surface area contributed by atoms with Crippen molar-refractivity contribution in [2.24, 2.45) is 5.92 Å². The quantitative estimate of drug-likeness (QED) is 0.754. The van der Waals surface area contributed by atoms with Crippen LogP contribution >= 0.6 is 0 Å². The Labute approximate surface area is 124 Å². The van der Waals surface area contributed by atoms with Crippen LogP contribution in [0.4, 0.5) is 0 Å².